The minimum Gasteiger partial charge on any atom is -0.507 e. The van der Waals surface area contributed by atoms with Gasteiger partial charge in [0, 0.05) is 21.3 Å². The first-order valence-corrected chi connectivity index (χ1v) is 11.7. The maximum absolute atomic E-state index is 13.4. The van der Waals surface area contributed by atoms with E-state index in [1.165, 1.54) is 19.1 Å². The Hall–Kier alpha value is -3.78. The summed E-state index contributed by atoms with van der Waals surface area (Å²) in [6.45, 7) is 2.37. The summed E-state index contributed by atoms with van der Waals surface area (Å²) in [7, 11) is 3.03. The number of anilines is 1. The number of hydrogen-bond donors (Lipinski definition) is 1. The van der Waals surface area contributed by atoms with Crippen LogP contribution in [-0.4, -0.2) is 37.6 Å². The number of amides is 1. The number of nitrogens with zero attached hydrogens (tertiary/aromatic N) is 1. The van der Waals surface area contributed by atoms with Gasteiger partial charge in [0.15, 0.2) is 0 Å². The van der Waals surface area contributed by atoms with Crippen LogP contribution in [0.2, 0.25) is 0 Å². The molecule has 0 bridgehead atoms. The van der Waals surface area contributed by atoms with Gasteiger partial charge in [0.25, 0.3) is 11.7 Å². The Labute approximate surface area is 211 Å². The van der Waals surface area contributed by atoms with E-state index in [0.29, 0.717) is 40.7 Å². The minimum absolute atomic E-state index is 0.0476. The summed E-state index contributed by atoms with van der Waals surface area (Å²) in [5.74, 6) is -0.254. The molecule has 4 rings (SSSR count). The number of hydrogen-bond acceptors (Lipinski definition) is 6. The fourth-order valence-corrected chi connectivity index (χ4v) is 4.34. The van der Waals surface area contributed by atoms with Crippen molar-refractivity contribution in [2.75, 3.05) is 25.7 Å². The Bertz CT molecular complexity index is 1280. The van der Waals surface area contributed by atoms with E-state index in [-0.39, 0.29) is 11.3 Å². The number of ether oxygens (including phenoxy) is 3. The molecule has 0 unspecified atom stereocenters. The highest BCUT2D eigenvalue weighted by Gasteiger charge is 2.48. The van der Waals surface area contributed by atoms with Gasteiger partial charge in [0.1, 0.15) is 23.0 Å². The smallest absolute Gasteiger partial charge is 0.300 e. The Morgan fingerprint density at radius 3 is 2.20 bits per heavy atom. The maximum atomic E-state index is 13.4. The Kier molecular flexibility index (Phi) is 7.12. The number of carbonyl (C=O) groups is 2. The molecule has 1 saturated heterocycles. The lowest BCUT2D eigenvalue weighted by Crippen LogP contribution is -2.29. The van der Waals surface area contributed by atoms with Crippen LogP contribution in [-0.2, 0) is 9.59 Å². The zero-order valence-corrected chi connectivity index (χ0v) is 21.0. The molecule has 0 aromatic heterocycles. The maximum Gasteiger partial charge on any atom is 0.300 e. The van der Waals surface area contributed by atoms with Crippen LogP contribution in [0.5, 0.6) is 17.2 Å². The van der Waals surface area contributed by atoms with Crippen molar-refractivity contribution in [1.29, 1.82) is 0 Å². The van der Waals surface area contributed by atoms with E-state index in [9.17, 15) is 14.7 Å². The second-order valence-electron chi connectivity index (χ2n) is 7.71. The van der Waals surface area contributed by atoms with E-state index in [2.05, 4.69) is 15.9 Å². The first-order valence-electron chi connectivity index (χ1n) is 10.9. The zero-order chi connectivity index (χ0) is 25.1. The highest BCUT2D eigenvalue weighted by molar-refractivity contribution is 9.10. The minimum atomic E-state index is -0.951. The molecule has 0 spiro atoms. The number of Topliss-reactive ketones (excluding diaryl/α,β-unsaturated/α-hetero) is 1. The standard InChI is InChI=1S/C27H24BrNO6/c1-4-35-19-11-5-16(6-12-19)25(30)23-24(21-15-20(33-2)13-14-22(21)34-3)29(27(32)26(23)31)18-9-7-17(28)8-10-18/h5-15,24,30H,4H2,1-3H3/t24-/m1/s1. The lowest BCUT2D eigenvalue weighted by atomic mass is 9.94. The third-order valence-corrected chi connectivity index (χ3v) is 6.25. The molecule has 1 amide bonds. The molecule has 1 heterocycles. The van der Waals surface area contributed by atoms with Gasteiger partial charge in [-0.1, -0.05) is 15.9 Å². The van der Waals surface area contributed by atoms with Crippen molar-refractivity contribution in [3.63, 3.8) is 0 Å². The number of benzene rings is 3. The average Bonchev–Trinajstić information content (AvgIpc) is 3.14. The normalized spacial score (nSPS) is 16.9. The molecular formula is C27H24BrNO6. The van der Waals surface area contributed by atoms with Crippen LogP contribution in [0.15, 0.2) is 76.8 Å². The highest BCUT2D eigenvalue weighted by atomic mass is 79.9. The SMILES string of the molecule is CCOc1ccc(C(O)=C2C(=O)C(=O)N(c3ccc(Br)cc3)[C@@H]2c2cc(OC)ccc2OC)cc1. The van der Waals surface area contributed by atoms with Gasteiger partial charge in [0.2, 0.25) is 0 Å². The van der Waals surface area contributed by atoms with Gasteiger partial charge in [0.05, 0.1) is 32.4 Å². The Morgan fingerprint density at radius 1 is 0.943 bits per heavy atom. The van der Waals surface area contributed by atoms with Crippen molar-refractivity contribution in [2.24, 2.45) is 0 Å². The topological polar surface area (TPSA) is 85.3 Å². The third kappa shape index (κ3) is 4.61. The molecule has 1 aliphatic heterocycles. The number of aliphatic hydroxyl groups excluding tert-OH is 1. The quantitative estimate of drug-likeness (QED) is 0.243. The highest BCUT2D eigenvalue weighted by Crippen LogP contribution is 2.46. The first-order chi connectivity index (χ1) is 16.9. The predicted molar refractivity (Wildman–Crippen MR) is 136 cm³/mol. The van der Waals surface area contributed by atoms with Gasteiger partial charge >= 0.3 is 0 Å². The summed E-state index contributed by atoms with van der Waals surface area (Å²) in [5, 5.41) is 11.3. The molecule has 3 aromatic carbocycles. The van der Waals surface area contributed by atoms with E-state index in [1.807, 2.05) is 6.92 Å². The van der Waals surface area contributed by atoms with Crippen LogP contribution >= 0.6 is 15.9 Å². The van der Waals surface area contributed by atoms with Crippen molar-refractivity contribution >= 4 is 39.1 Å². The molecule has 1 fully saturated rings. The molecular weight excluding hydrogens is 514 g/mol. The van der Waals surface area contributed by atoms with Gasteiger partial charge < -0.3 is 19.3 Å². The van der Waals surface area contributed by atoms with Crippen LogP contribution in [0.4, 0.5) is 5.69 Å². The van der Waals surface area contributed by atoms with Crippen LogP contribution in [0.1, 0.15) is 24.1 Å². The lowest BCUT2D eigenvalue weighted by molar-refractivity contribution is -0.132. The van der Waals surface area contributed by atoms with E-state index in [1.54, 1.807) is 66.7 Å². The van der Waals surface area contributed by atoms with E-state index >= 15 is 0 Å². The summed E-state index contributed by atoms with van der Waals surface area (Å²) in [5.41, 5.74) is 1.33. The number of methoxy groups -OCH3 is 2. The van der Waals surface area contributed by atoms with Crippen LogP contribution in [0.25, 0.3) is 5.76 Å². The monoisotopic (exact) mass is 537 g/mol. The van der Waals surface area contributed by atoms with Crippen LogP contribution in [0.3, 0.4) is 0 Å². The summed E-state index contributed by atoms with van der Waals surface area (Å²) >= 11 is 3.40. The molecule has 180 valence electrons. The fraction of sp³-hybridized carbons (Fsp3) is 0.185. The van der Waals surface area contributed by atoms with Gasteiger partial charge in [-0.25, -0.2) is 0 Å². The molecule has 0 saturated carbocycles. The van der Waals surface area contributed by atoms with Crippen molar-refractivity contribution in [3.05, 3.63) is 87.9 Å². The van der Waals surface area contributed by atoms with Crippen molar-refractivity contribution in [1.82, 2.24) is 0 Å². The van der Waals surface area contributed by atoms with E-state index in [0.717, 1.165) is 4.47 Å². The molecule has 0 aliphatic carbocycles. The number of rotatable bonds is 7. The molecule has 1 N–H and O–H groups in total. The number of halogens is 1. The van der Waals surface area contributed by atoms with Crippen molar-refractivity contribution in [2.45, 2.75) is 13.0 Å². The molecule has 1 atom stereocenters. The third-order valence-electron chi connectivity index (χ3n) is 5.72. The van der Waals surface area contributed by atoms with Gasteiger partial charge in [-0.2, -0.15) is 0 Å². The second-order valence-corrected chi connectivity index (χ2v) is 8.63. The summed E-state index contributed by atoms with van der Waals surface area (Å²) in [4.78, 5) is 28.1. The first kappa shape index (κ1) is 24.3. The largest absolute Gasteiger partial charge is 0.507 e. The summed E-state index contributed by atoms with van der Waals surface area (Å²) in [6, 6.07) is 17.9. The van der Waals surface area contributed by atoms with Crippen molar-refractivity contribution < 1.29 is 28.9 Å². The molecule has 7 nitrogen and oxygen atoms in total. The molecule has 1 aliphatic rings. The molecule has 8 heteroatoms. The Morgan fingerprint density at radius 2 is 1.60 bits per heavy atom. The molecule has 35 heavy (non-hydrogen) atoms. The fourth-order valence-electron chi connectivity index (χ4n) is 4.08. The van der Waals surface area contributed by atoms with E-state index in [4.69, 9.17) is 14.2 Å². The number of aliphatic hydroxyl groups is 1. The zero-order valence-electron chi connectivity index (χ0n) is 19.4. The van der Waals surface area contributed by atoms with Crippen LogP contribution in [0, 0.1) is 0 Å². The van der Waals surface area contributed by atoms with Gasteiger partial charge in [-0.05, 0) is 73.7 Å². The van der Waals surface area contributed by atoms with Crippen LogP contribution < -0.4 is 19.1 Å². The average molecular weight is 538 g/mol. The second kappa shape index (κ2) is 10.2. The van der Waals surface area contributed by atoms with E-state index < -0.39 is 17.7 Å². The summed E-state index contributed by atoms with van der Waals surface area (Å²) in [6.07, 6.45) is 0. The lowest BCUT2D eigenvalue weighted by Gasteiger charge is -2.27. The summed E-state index contributed by atoms with van der Waals surface area (Å²) < 4.78 is 17.3. The molecule has 0 radical (unpaired) electrons. The predicted octanol–water partition coefficient (Wildman–Crippen LogP) is 5.49. The van der Waals surface area contributed by atoms with Gasteiger partial charge in [-0.15, -0.1) is 0 Å². The van der Waals surface area contributed by atoms with Gasteiger partial charge in [-0.3, -0.25) is 14.5 Å². The Balaban J connectivity index is 1.95. The van der Waals surface area contributed by atoms with Crippen molar-refractivity contribution in [3.8, 4) is 17.2 Å². The number of carbonyl (C=O) groups excluding carboxylic acids is 2. The molecule has 3 aromatic rings. The number of ketones is 1.